The minimum absolute atomic E-state index is 0.814. The molecule has 0 radical (unpaired) electrons. The van der Waals surface area contributed by atoms with Crippen LogP contribution in [0.3, 0.4) is 0 Å². The summed E-state index contributed by atoms with van der Waals surface area (Å²) < 4.78 is 5.59. The molecule has 1 aromatic heterocycles. The first-order chi connectivity index (χ1) is 17.3. The third kappa shape index (κ3) is 5.19. The Kier molecular flexibility index (Phi) is 7.03. The summed E-state index contributed by atoms with van der Waals surface area (Å²) in [5.74, 6) is 3.24. The number of benzene rings is 4. The molecular weight excluding hydrogens is 445 g/mol. The molecule has 0 atom stereocenters. The second-order valence-electron chi connectivity index (χ2n) is 8.15. The lowest BCUT2D eigenvalue weighted by Crippen LogP contribution is -2.30. The van der Waals surface area contributed by atoms with Crippen LogP contribution in [0.15, 0.2) is 162 Å². The van der Waals surface area contributed by atoms with Gasteiger partial charge in [-0.15, -0.1) is 0 Å². The van der Waals surface area contributed by atoms with Crippen molar-refractivity contribution in [3.63, 3.8) is 0 Å². The van der Waals surface area contributed by atoms with E-state index in [1.807, 2.05) is 36.4 Å². The molecule has 0 bridgehead atoms. The number of allylic oxidation sites excluding steroid dienone is 1. The van der Waals surface area contributed by atoms with Crippen molar-refractivity contribution in [2.45, 2.75) is 0 Å². The monoisotopic (exact) mass is 472 g/mol. The number of rotatable bonds is 8. The van der Waals surface area contributed by atoms with E-state index in [9.17, 15) is 0 Å². The summed E-state index contributed by atoms with van der Waals surface area (Å²) in [5, 5.41) is 7.57. The highest BCUT2D eigenvalue weighted by Gasteiger charge is 2.44. The summed E-state index contributed by atoms with van der Waals surface area (Å²) in [6.45, 7) is 0. The van der Waals surface area contributed by atoms with Crippen LogP contribution in [0.5, 0.6) is 0 Å². The normalized spacial score (nSPS) is 12.1. The Bertz CT molecular complexity index is 1280. The molecule has 170 valence electrons. The van der Waals surface area contributed by atoms with E-state index in [1.54, 1.807) is 6.26 Å². The third-order valence-corrected chi connectivity index (χ3v) is 9.86. The number of anilines is 1. The standard InChI is InChI=1S/C32H27NOP/c1-5-14-27(15-6-1)33-28(23-24-29-16-13-25-34-29)26-35(30-17-7-2-8-18-30,31-19-9-3-10-20-31)32-21-11-4-12-22-32/h1-26,33H/q+1/b24-23+,28-26-. The van der Waals surface area contributed by atoms with Crippen LogP contribution in [-0.2, 0) is 0 Å². The van der Waals surface area contributed by atoms with E-state index in [0.717, 1.165) is 17.1 Å². The minimum atomic E-state index is -2.16. The molecule has 3 heteroatoms. The quantitative estimate of drug-likeness (QED) is 0.190. The lowest BCUT2D eigenvalue weighted by Gasteiger charge is -2.25. The van der Waals surface area contributed by atoms with Crippen LogP contribution in [0.2, 0.25) is 0 Å². The van der Waals surface area contributed by atoms with Crippen molar-refractivity contribution in [3.05, 3.63) is 163 Å². The molecule has 0 saturated heterocycles. The Labute approximate surface area is 207 Å². The van der Waals surface area contributed by atoms with Crippen LogP contribution in [0.25, 0.3) is 6.08 Å². The van der Waals surface area contributed by atoms with Gasteiger partial charge in [-0.2, -0.15) is 0 Å². The SMILES string of the molecule is C(=C(\C=C\c1ccco1)Nc1ccccc1)/[P+](c1ccccc1)(c1ccccc1)c1ccccc1. The molecule has 5 aromatic rings. The number of nitrogens with one attached hydrogen (secondary N) is 1. The average Bonchev–Trinajstić information content (AvgIpc) is 3.46. The highest BCUT2D eigenvalue weighted by Crippen LogP contribution is 2.57. The first-order valence-electron chi connectivity index (χ1n) is 11.7. The Hall–Kier alpha value is -4.13. The molecule has 0 unspecified atom stereocenters. The van der Waals surface area contributed by atoms with Crippen molar-refractivity contribution in [1.29, 1.82) is 0 Å². The van der Waals surface area contributed by atoms with Gasteiger partial charge < -0.3 is 9.73 Å². The fourth-order valence-electron chi connectivity index (χ4n) is 4.23. The van der Waals surface area contributed by atoms with Crippen LogP contribution in [0, 0.1) is 0 Å². The first kappa shape index (κ1) is 22.7. The van der Waals surface area contributed by atoms with E-state index in [4.69, 9.17) is 4.42 Å². The summed E-state index contributed by atoms with van der Waals surface area (Å²) in [5.41, 5.74) is 2.05. The van der Waals surface area contributed by atoms with Gasteiger partial charge in [0.15, 0.2) is 0 Å². The van der Waals surface area contributed by atoms with Gasteiger partial charge in [-0.1, -0.05) is 72.8 Å². The van der Waals surface area contributed by atoms with Gasteiger partial charge in [0.2, 0.25) is 0 Å². The Morgan fingerprint density at radius 2 is 1.06 bits per heavy atom. The Balaban J connectivity index is 1.76. The second-order valence-corrected chi connectivity index (χ2v) is 11.4. The van der Waals surface area contributed by atoms with Gasteiger partial charge in [-0.05, 0) is 72.8 Å². The van der Waals surface area contributed by atoms with Crippen molar-refractivity contribution < 1.29 is 4.42 Å². The van der Waals surface area contributed by atoms with Crippen molar-refractivity contribution in [1.82, 2.24) is 0 Å². The summed E-state index contributed by atoms with van der Waals surface area (Å²) in [4.78, 5) is 0. The fraction of sp³-hybridized carbons (Fsp3) is 0. The molecule has 0 fully saturated rings. The van der Waals surface area contributed by atoms with Gasteiger partial charge in [-0.25, -0.2) is 0 Å². The van der Waals surface area contributed by atoms with Crippen LogP contribution < -0.4 is 21.2 Å². The summed E-state index contributed by atoms with van der Waals surface area (Å²) >= 11 is 0. The molecule has 1 N–H and O–H groups in total. The van der Waals surface area contributed by atoms with Crippen LogP contribution in [0.1, 0.15) is 5.76 Å². The zero-order valence-electron chi connectivity index (χ0n) is 19.4. The largest absolute Gasteiger partial charge is 0.465 e. The van der Waals surface area contributed by atoms with E-state index >= 15 is 0 Å². The number of para-hydroxylation sites is 1. The van der Waals surface area contributed by atoms with Crippen molar-refractivity contribution >= 4 is 34.9 Å². The molecule has 0 spiro atoms. The van der Waals surface area contributed by atoms with E-state index in [1.165, 1.54) is 15.9 Å². The fourth-order valence-corrected chi connectivity index (χ4v) is 8.07. The second kappa shape index (κ2) is 10.9. The maximum atomic E-state index is 5.59. The summed E-state index contributed by atoms with van der Waals surface area (Å²) in [6, 6.07) is 46.7. The van der Waals surface area contributed by atoms with E-state index < -0.39 is 7.26 Å². The molecule has 0 aliphatic rings. The Morgan fingerprint density at radius 3 is 1.51 bits per heavy atom. The molecule has 35 heavy (non-hydrogen) atoms. The van der Waals surface area contributed by atoms with Crippen molar-refractivity contribution in [2.75, 3.05) is 5.32 Å². The highest BCUT2D eigenvalue weighted by molar-refractivity contribution is 7.98. The molecule has 0 aliphatic heterocycles. The van der Waals surface area contributed by atoms with E-state index in [-0.39, 0.29) is 0 Å². The lowest BCUT2D eigenvalue weighted by molar-refractivity contribution is 0.557. The number of furan rings is 1. The minimum Gasteiger partial charge on any atom is -0.465 e. The third-order valence-electron chi connectivity index (χ3n) is 5.86. The zero-order chi connectivity index (χ0) is 23.8. The molecular formula is C32H27NOP+. The zero-order valence-corrected chi connectivity index (χ0v) is 20.3. The molecule has 0 aliphatic carbocycles. The van der Waals surface area contributed by atoms with Crippen LogP contribution in [0.4, 0.5) is 5.69 Å². The number of hydrogen-bond donors (Lipinski definition) is 1. The predicted octanol–water partition coefficient (Wildman–Crippen LogP) is 7.24. The molecule has 0 saturated carbocycles. The average molecular weight is 473 g/mol. The summed E-state index contributed by atoms with van der Waals surface area (Å²) in [6.07, 6.45) is 5.82. The molecule has 4 aromatic carbocycles. The van der Waals surface area contributed by atoms with E-state index in [2.05, 4.69) is 120 Å². The van der Waals surface area contributed by atoms with Gasteiger partial charge in [0.25, 0.3) is 0 Å². The lowest BCUT2D eigenvalue weighted by atomic mass is 10.3. The number of hydrogen-bond acceptors (Lipinski definition) is 2. The molecule has 1 heterocycles. The molecule has 5 rings (SSSR count). The maximum Gasteiger partial charge on any atom is 0.139 e. The van der Waals surface area contributed by atoms with Gasteiger partial charge in [0.05, 0.1) is 17.8 Å². The maximum absolute atomic E-state index is 5.59. The smallest absolute Gasteiger partial charge is 0.139 e. The van der Waals surface area contributed by atoms with E-state index in [0.29, 0.717) is 0 Å². The predicted molar refractivity (Wildman–Crippen MR) is 151 cm³/mol. The van der Waals surface area contributed by atoms with Crippen molar-refractivity contribution in [3.8, 4) is 0 Å². The first-order valence-corrected chi connectivity index (χ1v) is 13.5. The Morgan fingerprint density at radius 1 is 0.571 bits per heavy atom. The van der Waals surface area contributed by atoms with Crippen LogP contribution >= 0.6 is 7.26 Å². The topological polar surface area (TPSA) is 25.2 Å². The van der Waals surface area contributed by atoms with Gasteiger partial charge >= 0.3 is 0 Å². The van der Waals surface area contributed by atoms with Gasteiger partial charge in [0.1, 0.15) is 28.9 Å². The molecule has 2 nitrogen and oxygen atoms in total. The van der Waals surface area contributed by atoms with Crippen LogP contribution in [-0.4, -0.2) is 0 Å². The highest BCUT2D eigenvalue weighted by atomic mass is 31.2. The van der Waals surface area contributed by atoms with Crippen molar-refractivity contribution in [2.24, 2.45) is 0 Å². The summed E-state index contributed by atoms with van der Waals surface area (Å²) in [7, 11) is -2.16. The van der Waals surface area contributed by atoms with Gasteiger partial charge in [-0.3, -0.25) is 0 Å². The van der Waals surface area contributed by atoms with Gasteiger partial charge in [0, 0.05) is 5.69 Å². The molecule has 0 amide bonds.